The van der Waals surface area contributed by atoms with Crippen molar-refractivity contribution in [3.05, 3.63) is 54.0 Å². The second-order valence-electron chi connectivity index (χ2n) is 5.41. The summed E-state index contributed by atoms with van der Waals surface area (Å²) in [5.74, 6) is 0.328. The number of furan rings is 1. The second-order valence-corrected chi connectivity index (χ2v) is 6.61. The van der Waals surface area contributed by atoms with E-state index in [1.165, 1.54) is 11.8 Å². The van der Waals surface area contributed by atoms with E-state index in [0.29, 0.717) is 11.7 Å². The molecule has 3 rings (SSSR count). The number of anilines is 1. The SMILES string of the molecule is Cc1ccc(NC(=O)C[C@H]2SC(=NCc3ccco3)NC2=O)cc1. The highest BCUT2D eigenvalue weighted by Gasteiger charge is 2.32. The van der Waals surface area contributed by atoms with E-state index in [0.717, 1.165) is 17.0 Å². The number of nitrogens with one attached hydrogen (secondary N) is 2. The Labute approximate surface area is 143 Å². The predicted octanol–water partition coefficient (Wildman–Crippen LogP) is 2.70. The topological polar surface area (TPSA) is 83.7 Å². The first kappa shape index (κ1) is 16.3. The maximum absolute atomic E-state index is 12.1. The molecular formula is C17H17N3O3S. The zero-order valence-corrected chi connectivity index (χ0v) is 13.9. The Morgan fingerprint density at radius 2 is 2.12 bits per heavy atom. The highest BCUT2D eigenvalue weighted by atomic mass is 32.2. The lowest BCUT2D eigenvalue weighted by atomic mass is 10.2. The van der Waals surface area contributed by atoms with Gasteiger partial charge in [0.05, 0.1) is 12.8 Å². The quantitative estimate of drug-likeness (QED) is 0.874. The van der Waals surface area contributed by atoms with Gasteiger partial charge in [0, 0.05) is 12.1 Å². The van der Waals surface area contributed by atoms with Crippen molar-refractivity contribution in [2.75, 3.05) is 5.32 Å². The van der Waals surface area contributed by atoms with Crippen LogP contribution in [-0.4, -0.2) is 22.2 Å². The number of hydrogen-bond donors (Lipinski definition) is 2. The molecule has 2 aromatic rings. The van der Waals surface area contributed by atoms with E-state index >= 15 is 0 Å². The molecule has 1 aromatic heterocycles. The van der Waals surface area contributed by atoms with Crippen LogP contribution in [-0.2, 0) is 16.1 Å². The fourth-order valence-electron chi connectivity index (χ4n) is 2.18. The predicted molar refractivity (Wildman–Crippen MR) is 93.8 cm³/mol. The molecule has 2 N–H and O–H groups in total. The van der Waals surface area contributed by atoms with Gasteiger partial charge >= 0.3 is 0 Å². The van der Waals surface area contributed by atoms with Crippen LogP contribution in [0.15, 0.2) is 52.1 Å². The molecule has 0 bridgehead atoms. The number of amides is 2. The molecule has 0 spiro atoms. The van der Waals surface area contributed by atoms with Crippen molar-refractivity contribution >= 4 is 34.4 Å². The number of amidine groups is 1. The maximum atomic E-state index is 12.1. The van der Waals surface area contributed by atoms with Crippen LogP contribution in [0.4, 0.5) is 5.69 Å². The number of hydrogen-bond acceptors (Lipinski definition) is 5. The lowest BCUT2D eigenvalue weighted by Gasteiger charge is -2.07. The van der Waals surface area contributed by atoms with Gasteiger partial charge < -0.3 is 15.1 Å². The summed E-state index contributed by atoms with van der Waals surface area (Å²) in [5, 5.41) is 5.55. The number of nitrogens with zero attached hydrogens (tertiary/aromatic N) is 1. The van der Waals surface area contributed by atoms with E-state index in [1.54, 1.807) is 12.3 Å². The zero-order chi connectivity index (χ0) is 16.9. The number of benzene rings is 1. The van der Waals surface area contributed by atoms with E-state index in [9.17, 15) is 9.59 Å². The monoisotopic (exact) mass is 343 g/mol. The van der Waals surface area contributed by atoms with Crippen LogP contribution in [0.2, 0.25) is 0 Å². The molecule has 7 heteroatoms. The molecule has 0 aliphatic carbocycles. The van der Waals surface area contributed by atoms with Gasteiger partial charge in [-0.2, -0.15) is 0 Å². The highest BCUT2D eigenvalue weighted by Crippen LogP contribution is 2.23. The Bertz CT molecular complexity index is 754. The summed E-state index contributed by atoms with van der Waals surface area (Å²) in [4.78, 5) is 28.3. The third-order valence-corrected chi connectivity index (χ3v) is 4.56. The summed E-state index contributed by atoms with van der Waals surface area (Å²) >= 11 is 1.27. The fourth-order valence-corrected chi connectivity index (χ4v) is 3.15. The Morgan fingerprint density at radius 3 is 2.83 bits per heavy atom. The van der Waals surface area contributed by atoms with Crippen molar-refractivity contribution in [3.8, 4) is 0 Å². The molecular weight excluding hydrogens is 326 g/mol. The first-order valence-corrected chi connectivity index (χ1v) is 8.39. The van der Waals surface area contributed by atoms with E-state index in [1.807, 2.05) is 37.3 Å². The van der Waals surface area contributed by atoms with E-state index in [2.05, 4.69) is 15.6 Å². The third kappa shape index (κ3) is 4.26. The van der Waals surface area contributed by atoms with Gasteiger partial charge in [0.15, 0.2) is 5.17 Å². The third-order valence-electron chi connectivity index (χ3n) is 3.44. The second kappa shape index (κ2) is 7.35. The number of carbonyl (C=O) groups is 2. The molecule has 0 radical (unpaired) electrons. The van der Waals surface area contributed by atoms with Gasteiger partial charge in [0.1, 0.15) is 11.0 Å². The first-order valence-electron chi connectivity index (χ1n) is 7.51. The Kier molecular flexibility index (Phi) is 5.00. The average molecular weight is 343 g/mol. The smallest absolute Gasteiger partial charge is 0.240 e. The van der Waals surface area contributed by atoms with Gasteiger partial charge in [-0.15, -0.1) is 0 Å². The summed E-state index contributed by atoms with van der Waals surface area (Å²) in [5.41, 5.74) is 1.84. The Hall–Kier alpha value is -2.54. The molecule has 1 atom stereocenters. The minimum Gasteiger partial charge on any atom is -0.467 e. The van der Waals surface area contributed by atoms with Gasteiger partial charge in [0.2, 0.25) is 11.8 Å². The van der Waals surface area contributed by atoms with E-state index in [-0.39, 0.29) is 18.2 Å². The average Bonchev–Trinajstić information content (AvgIpc) is 3.18. The number of rotatable bonds is 5. The van der Waals surface area contributed by atoms with Crippen LogP contribution < -0.4 is 10.6 Å². The lowest BCUT2D eigenvalue weighted by Crippen LogP contribution is -2.28. The molecule has 0 saturated carbocycles. The molecule has 6 nitrogen and oxygen atoms in total. The van der Waals surface area contributed by atoms with Crippen LogP contribution in [0.1, 0.15) is 17.7 Å². The Balaban J connectivity index is 1.53. The molecule has 1 aromatic carbocycles. The molecule has 1 fully saturated rings. The highest BCUT2D eigenvalue weighted by molar-refractivity contribution is 8.15. The molecule has 0 unspecified atom stereocenters. The molecule has 2 heterocycles. The minimum atomic E-state index is -0.467. The molecule has 1 saturated heterocycles. The van der Waals surface area contributed by atoms with Crippen LogP contribution in [0.5, 0.6) is 0 Å². The summed E-state index contributed by atoms with van der Waals surface area (Å²) in [7, 11) is 0. The number of aliphatic imine (C=N–C) groups is 1. The normalized spacial score (nSPS) is 18.6. The van der Waals surface area contributed by atoms with Crippen LogP contribution in [0.25, 0.3) is 0 Å². The minimum absolute atomic E-state index is 0.101. The number of carbonyl (C=O) groups excluding carboxylic acids is 2. The van der Waals surface area contributed by atoms with Crippen molar-refractivity contribution in [2.24, 2.45) is 4.99 Å². The molecule has 24 heavy (non-hydrogen) atoms. The van der Waals surface area contributed by atoms with Crippen molar-refractivity contribution in [2.45, 2.75) is 25.1 Å². The van der Waals surface area contributed by atoms with Gasteiger partial charge in [-0.05, 0) is 31.2 Å². The summed E-state index contributed by atoms with van der Waals surface area (Å²) < 4.78 is 5.19. The van der Waals surface area contributed by atoms with Gasteiger partial charge in [-0.3, -0.25) is 14.6 Å². The largest absolute Gasteiger partial charge is 0.467 e. The van der Waals surface area contributed by atoms with Crippen molar-refractivity contribution < 1.29 is 14.0 Å². The van der Waals surface area contributed by atoms with Gasteiger partial charge in [0.25, 0.3) is 0 Å². The Morgan fingerprint density at radius 1 is 1.33 bits per heavy atom. The molecule has 1 aliphatic rings. The maximum Gasteiger partial charge on any atom is 0.240 e. The molecule has 124 valence electrons. The number of thioether (sulfide) groups is 1. The van der Waals surface area contributed by atoms with E-state index < -0.39 is 5.25 Å². The lowest BCUT2D eigenvalue weighted by molar-refractivity contribution is -0.122. The van der Waals surface area contributed by atoms with Crippen molar-refractivity contribution in [1.29, 1.82) is 0 Å². The fraction of sp³-hybridized carbons (Fsp3) is 0.235. The van der Waals surface area contributed by atoms with Gasteiger partial charge in [-0.25, -0.2) is 0 Å². The van der Waals surface area contributed by atoms with Gasteiger partial charge in [-0.1, -0.05) is 29.5 Å². The van der Waals surface area contributed by atoms with Crippen LogP contribution in [0.3, 0.4) is 0 Å². The summed E-state index contributed by atoms with van der Waals surface area (Å²) in [6.07, 6.45) is 1.68. The molecule has 1 aliphatic heterocycles. The van der Waals surface area contributed by atoms with E-state index in [4.69, 9.17) is 4.42 Å². The summed E-state index contributed by atoms with van der Waals surface area (Å²) in [6.45, 7) is 2.34. The van der Waals surface area contributed by atoms with Crippen molar-refractivity contribution in [3.63, 3.8) is 0 Å². The van der Waals surface area contributed by atoms with Crippen LogP contribution >= 0.6 is 11.8 Å². The van der Waals surface area contributed by atoms with Crippen LogP contribution in [0, 0.1) is 6.92 Å². The standard InChI is InChI=1S/C17H17N3O3S/c1-11-4-6-12(7-5-11)19-15(21)9-14-16(22)20-17(24-14)18-10-13-3-2-8-23-13/h2-8,14H,9-10H2,1H3,(H,19,21)(H,18,20,22)/t14-/m1/s1. The first-order chi connectivity index (χ1) is 11.6. The molecule has 2 amide bonds. The van der Waals surface area contributed by atoms with Crippen molar-refractivity contribution in [1.82, 2.24) is 5.32 Å². The zero-order valence-electron chi connectivity index (χ0n) is 13.1. The summed E-state index contributed by atoms with van der Waals surface area (Å²) in [6, 6.07) is 11.1. The number of aryl methyl sites for hydroxylation is 1.